The number of pyridine rings is 1. The van der Waals surface area contributed by atoms with Crippen LogP contribution in [0.25, 0.3) is 11.0 Å². The maximum absolute atomic E-state index is 12.6. The maximum atomic E-state index is 12.6. The zero-order valence-electron chi connectivity index (χ0n) is 15.3. The Labute approximate surface area is 156 Å². The molecule has 1 amide bonds. The SMILES string of the molecule is Cc1cc2c(OCC(C)C)cc(C(=O)Nc3ccc(C(=O)O)cn3)cc2o1. The van der Waals surface area contributed by atoms with Crippen LogP contribution in [0.5, 0.6) is 5.75 Å². The molecule has 27 heavy (non-hydrogen) atoms. The van der Waals surface area contributed by atoms with Gasteiger partial charge in [-0.15, -0.1) is 0 Å². The van der Waals surface area contributed by atoms with Gasteiger partial charge in [0.15, 0.2) is 0 Å². The average Bonchev–Trinajstić information content (AvgIpc) is 3.00. The molecule has 0 aliphatic rings. The zero-order valence-corrected chi connectivity index (χ0v) is 15.3. The minimum atomic E-state index is -1.08. The quantitative estimate of drug-likeness (QED) is 0.678. The van der Waals surface area contributed by atoms with Crippen LogP contribution in [0, 0.1) is 12.8 Å². The van der Waals surface area contributed by atoms with E-state index >= 15 is 0 Å². The number of furan rings is 1. The van der Waals surface area contributed by atoms with Crippen molar-refractivity contribution >= 4 is 28.7 Å². The molecule has 0 aliphatic carbocycles. The number of carboxylic acid groups (broad SMARTS) is 1. The van der Waals surface area contributed by atoms with Crippen molar-refractivity contribution in [2.24, 2.45) is 5.92 Å². The molecule has 0 aliphatic heterocycles. The van der Waals surface area contributed by atoms with E-state index in [4.69, 9.17) is 14.3 Å². The van der Waals surface area contributed by atoms with Crippen molar-refractivity contribution in [1.82, 2.24) is 4.98 Å². The van der Waals surface area contributed by atoms with Gasteiger partial charge in [0.2, 0.25) is 0 Å². The lowest BCUT2D eigenvalue weighted by molar-refractivity contribution is 0.0696. The lowest BCUT2D eigenvalue weighted by Gasteiger charge is -2.11. The standard InChI is InChI=1S/C20H20N2O5/c1-11(2)10-26-16-7-14(8-17-15(16)6-12(3)27-17)19(23)22-18-5-4-13(9-21-18)20(24)25/h4-9,11H,10H2,1-3H3,(H,24,25)(H,21,22,23). The summed E-state index contributed by atoms with van der Waals surface area (Å²) in [5.41, 5.74) is 0.970. The lowest BCUT2D eigenvalue weighted by Crippen LogP contribution is -2.14. The zero-order chi connectivity index (χ0) is 19.6. The number of benzene rings is 1. The molecule has 7 nitrogen and oxygen atoms in total. The molecule has 3 rings (SSSR count). The second kappa shape index (κ2) is 7.49. The number of carbonyl (C=O) groups excluding carboxylic acids is 1. The van der Waals surface area contributed by atoms with E-state index in [1.165, 1.54) is 18.3 Å². The van der Waals surface area contributed by atoms with Gasteiger partial charge < -0.3 is 19.6 Å². The first kappa shape index (κ1) is 18.4. The molecule has 0 unspecified atom stereocenters. The van der Waals surface area contributed by atoms with Crippen molar-refractivity contribution in [2.75, 3.05) is 11.9 Å². The van der Waals surface area contributed by atoms with Crippen LogP contribution in [-0.2, 0) is 0 Å². The molecule has 140 valence electrons. The van der Waals surface area contributed by atoms with Crippen LogP contribution in [0.15, 0.2) is 40.9 Å². The third-order valence-electron chi connectivity index (χ3n) is 3.81. The van der Waals surface area contributed by atoms with Gasteiger partial charge >= 0.3 is 5.97 Å². The fourth-order valence-corrected chi connectivity index (χ4v) is 2.52. The summed E-state index contributed by atoms with van der Waals surface area (Å²) >= 11 is 0. The van der Waals surface area contributed by atoms with Gasteiger partial charge in [0, 0.05) is 11.8 Å². The molecule has 0 spiro atoms. The number of hydrogen-bond acceptors (Lipinski definition) is 5. The van der Waals surface area contributed by atoms with Gasteiger partial charge in [-0.25, -0.2) is 9.78 Å². The number of hydrogen-bond donors (Lipinski definition) is 2. The topological polar surface area (TPSA) is 102 Å². The van der Waals surface area contributed by atoms with Crippen molar-refractivity contribution in [3.05, 3.63) is 53.4 Å². The number of ether oxygens (including phenoxy) is 1. The van der Waals surface area contributed by atoms with Gasteiger partial charge in [0.25, 0.3) is 5.91 Å². The van der Waals surface area contributed by atoms with Crippen LogP contribution in [0.3, 0.4) is 0 Å². The molecular weight excluding hydrogens is 348 g/mol. The fourth-order valence-electron chi connectivity index (χ4n) is 2.52. The number of anilines is 1. The van der Waals surface area contributed by atoms with Crippen LogP contribution in [-0.4, -0.2) is 28.6 Å². The summed E-state index contributed by atoms with van der Waals surface area (Å²) in [7, 11) is 0. The number of rotatable bonds is 6. The number of nitrogens with zero attached hydrogens (tertiary/aromatic N) is 1. The Kier molecular flexibility index (Phi) is 5.12. The number of aromatic nitrogens is 1. The van der Waals surface area contributed by atoms with E-state index in [-0.39, 0.29) is 11.4 Å². The van der Waals surface area contributed by atoms with Gasteiger partial charge in [-0.3, -0.25) is 4.79 Å². The average molecular weight is 368 g/mol. The van der Waals surface area contributed by atoms with Crippen molar-refractivity contribution in [3.63, 3.8) is 0 Å². The molecule has 7 heteroatoms. The van der Waals surface area contributed by atoms with Crippen molar-refractivity contribution in [2.45, 2.75) is 20.8 Å². The lowest BCUT2D eigenvalue weighted by atomic mass is 10.1. The van der Waals surface area contributed by atoms with Crippen LogP contribution in [0.2, 0.25) is 0 Å². The molecular formula is C20H20N2O5. The highest BCUT2D eigenvalue weighted by molar-refractivity contribution is 6.06. The molecule has 2 heterocycles. The molecule has 0 saturated heterocycles. The summed E-state index contributed by atoms with van der Waals surface area (Å²) in [5.74, 6) is 0.426. The Balaban J connectivity index is 1.88. The van der Waals surface area contributed by atoms with E-state index in [9.17, 15) is 9.59 Å². The number of aromatic carboxylic acids is 1. The van der Waals surface area contributed by atoms with Gasteiger partial charge in [-0.05, 0) is 43.2 Å². The first-order valence-corrected chi connectivity index (χ1v) is 8.51. The van der Waals surface area contributed by atoms with E-state index in [0.717, 1.165) is 11.1 Å². The third-order valence-corrected chi connectivity index (χ3v) is 3.81. The number of carbonyl (C=O) groups is 2. The van der Waals surface area contributed by atoms with E-state index in [1.807, 2.05) is 26.8 Å². The maximum Gasteiger partial charge on any atom is 0.337 e. The Hall–Kier alpha value is -3.35. The third kappa shape index (κ3) is 4.25. The van der Waals surface area contributed by atoms with Gasteiger partial charge in [-0.2, -0.15) is 0 Å². The normalized spacial score (nSPS) is 11.0. The molecule has 0 bridgehead atoms. The van der Waals surface area contributed by atoms with Gasteiger partial charge in [0.1, 0.15) is 22.9 Å². The molecule has 0 saturated carbocycles. The molecule has 0 atom stereocenters. The summed E-state index contributed by atoms with van der Waals surface area (Å²) in [6, 6.07) is 8.00. The highest BCUT2D eigenvalue weighted by Crippen LogP contribution is 2.31. The molecule has 0 radical (unpaired) electrons. The van der Waals surface area contributed by atoms with Crippen molar-refractivity contribution < 1.29 is 23.8 Å². The van der Waals surface area contributed by atoms with Crippen molar-refractivity contribution in [3.8, 4) is 5.75 Å². The summed E-state index contributed by atoms with van der Waals surface area (Å²) in [5, 5.41) is 12.4. The predicted octanol–water partition coefficient (Wildman–Crippen LogP) is 4.12. The summed E-state index contributed by atoms with van der Waals surface area (Å²) in [6.07, 6.45) is 1.19. The highest BCUT2D eigenvalue weighted by atomic mass is 16.5. The summed E-state index contributed by atoms with van der Waals surface area (Å²) in [6.45, 7) is 6.43. The van der Waals surface area contributed by atoms with Crippen molar-refractivity contribution in [1.29, 1.82) is 0 Å². The van der Waals surface area contributed by atoms with E-state index < -0.39 is 11.9 Å². The van der Waals surface area contributed by atoms with Gasteiger partial charge in [0.05, 0.1) is 17.6 Å². The van der Waals surface area contributed by atoms with E-state index in [0.29, 0.717) is 29.4 Å². The van der Waals surface area contributed by atoms with Crippen LogP contribution < -0.4 is 10.1 Å². The minimum absolute atomic E-state index is 0.0462. The number of fused-ring (bicyclic) bond motifs is 1. The van der Waals surface area contributed by atoms with E-state index in [1.54, 1.807) is 12.1 Å². The van der Waals surface area contributed by atoms with Gasteiger partial charge in [-0.1, -0.05) is 13.8 Å². The molecule has 2 N–H and O–H groups in total. The Bertz CT molecular complexity index is 990. The second-order valence-corrected chi connectivity index (χ2v) is 6.64. The van der Waals surface area contributed by atoms with E-state index in [2.05, 4.69) is 10.3 Å². The summed E-state index contributed by atoms with van der Waals surface area (Å²) < 4.78 is 11.5. The number of nitrogens with one attached hydrogen (secondary N) is 1. The van der Waals surface area contributed by atoms with Crippen LogP contribution in [0.4, 0.5) is 5.82 Å². The molecule has 3 aromatic rings. The molecule has 2 aromatic heterocycles. The predicted molar refractivity (Wildman–Crippen MR) is 100 cm³/mol. The monoisotopic (exact) mass is 368 g/mol. The first-order chi connectivity index (χ1) is 12.8. The highest BCUT2D eigenvalue weighted by Gasteiger charge is 2.15. The Morgan fingerprint density at radius 1 is 1.22 bits per heavy atom. The first-order valence-electron chi connectivity index (χ1n) is 8.51. The molecule has 0 fully saturated rings. The smallest absolute Gasteiger partial charge is 0.337 e. The number of aryl methyl sites for hydroxylation is 1. The Morgan fingerprint density at radius 2 is 2.00 bits per heavy atom. The molecule has 1 aromatic carbocycles. The largest absolute Gasteiger partial charge is 0.493 e. The Morgan fingerprint density at radius 3 is 2.63 bits per heavy atom. The second-order valence-electron chi connectivity index (χ2n) is 6.64. The summed E-state index contributed by atoms with van der Waals surface area (Å²) in [4.78, 5) is 27.4. The van der Waals surface area contributed by atoms with Crippen LogP contribution in [0.1, 0.15) is 40.3 Å². The number of carboxylic acids is 1. The van der Waals surface area contributed by atoms with Crippen LogP contribution >= 0.6 is 0 Å². The number of amides is 1. The minimum Gasteiger partial charge on any atom is -0.493 e. The fraction of sp³-hybridized carbons (Fsp3) is 0.250.